The summed E-state index contributed by atoms with van der Waals surface area (Å²) >= 11 is 0. The second kappa shape index (κ2) is 6.47. The van der Waals surface area contributed by atoms with Gasteiger partial charge in [-0.2, -0.15) is 0 Å². The molecule has 1 aromatic rings. The standard InChI is InChI=1S/C13H21N5O/c1-2-15-13(19)11-5-6-12(17-16-11)18-7-3-4-10(8-14)9-18/h5-6,10H,2-4,7-9,14H2,1H3,(H,15,19). The number of rotatable bonds is 4. The van der Waals surface area contributed by atoms with Gasteiger partial charge in [0.05, 0.1) is 0 Å². The van der Waals surface area contributed by atoms with E-state index in [9.17, 15) is 4.79 Å². The summed E-state index contributed by atoms with van der Waals surface area (Å²) in [6.45, 7) is 5.07. The van der Waals surface area contributed by atoms with E-state index in [0.717, 1.165) is 25.3 Å². The number of carbonyl (C=O) groups is 1. The molecule has 0 saturated carbocycles. The van der Waals surface area contributed by atoms with Crippen molar-refractivity contribution in [3.05, 3.63) is 17.8 Å². The van der Waals surface area contributed by atoms with Crippen molar-refractivity contribution in [2.45, 2.75) is 19.8 Å². The summed E-state index contributed by atoms with van der Waals surface area (Å²) in [4.78, 5) is 13.8. The molecule has 1 amide bonds. The first-order valence-electron chi connectivity index (χ1n) is 6.81. The summed E-state index contributed by atoms with van der Waals surface area (Å²) < 4.78 is 0. The van der Waals surface area contributed by atoms with E-state index < -0.39 is 0 Å². The molecule has 1 saturated heterocycles. The maximum absolute atomic E-state index is 11.6. The Morgan fingerprint density at radius 1 is 1.53 bits per heavy atom. The highest BCUT2D eigenvalue weighted by Gasteiger charge is 2.20. The van der Waals surface area contributed by atoms with Gasteiger partial charge in [-0.1, -0.05) is 0 Å². The van der Waals surface area contributed by atoms with Gasteiger partial charge in [0.2, 0.25) is 0 Å². The molecule has 2 heterocycles. The lowest BCUT2D eigenvalue weighted by molar-refractivity contribution is 0.0950. The van der Waals surface area contributed by atoms with E-state index in [-0.39, 0.29) is 5.91 Å². The minimum absolute atomic E-state index is 0.181. The molecule has 1 unspecified atom stereocenters. The van der Waals surface area contributed by atoms with Gasteiger partial charge in [-0.05, 0) is 44.4 Å². The van der Waals surface area contributed by atoms with Gasteiger partial charge in [-0.3, -0.25) is 4.79 Å². The summed E-state index contributed by atoms with van der Waals surface area (Å²) in [7, 11) is 0. The van der Waals surface area contributed by atoms with E-state index in [1.807, 2.05) is 13.0 Å². The highest BCUT2D eigenvalue weighted by atomic mass is 16.1. The minimum Gasteiger partial charge on any atom is -0.355 e. The Hall–Kier alpha value is -1.69. The Labute approximate surface area is 113 Å². The normalized spacial score (nSPS) is 19.3. The molecule has 104 valence electrons. The average Bonchev–Trinajstić information content (AvgIpc) is 2.48. The molecule has 0 aromatic carbocycles. The molecular formula is C13H21N5O. The first kappa shape index (κ1) is 13.7. The zero-order chi connectivity index (χ0) is 13.7. The maximum atomic E-state index is 11.6. The molecule has 0 bridgehead atoms. The van der Waals surface area contributed by atoms with Crippen LogP contribution in [0.25, 0.3) is 0 Å². The zero-order valence-electron chi connectivity index (χ0n) is 11.3. The van der Waals surface area contributed by atoms with Gasteiger partial charge < -0.3 is 16.0 Å². The van der Waals surface area contributed by atoms with Crippen LogP contribution in [0.4, 0.5) is 5.82 Å². The van der Waals surface area contributed by atoms with Crippen molar-refractivity contribution < 1.29 is 4.79 Å². The van der Waals surface area contributed by atoms with Gasteiger partial charge >= 0.3 is 0 Å². The fraction of sp³-hybridized carbons (Fsp3) is 0.615. The topological polar surface area (TPSA) is 84.1 Å². The number of aromatic nitrogens is 2. The lowest BCUT2D eigenvalue weighted by Gasteiger charge is -2.32. The summed E-state index contributed by atoms with van der Waals surface area (Å²) in [6, 6.07) is 3.58. The van der Waals surface area contributed by atoms with Crippen LogP contribution in [0.1, 0.15) is 30.3 Å². The van der Waals surface area contributed by atoms with E-state index in [2.05, 4.69) is 20.4 Å². The molecule has 6 nitrogen and oxygen atoms in total. The van der Waals surface area contributed by atoms with Crippen LogP contribution in [-0.2, 0) is 0 Å². The highest BCUT2D eigenvalue weighted by Crippen LogP contribution is 2.20. The predicted octanol–water partition coefficient (Wildman–Crippen LogP) is 0.401. The van der Waals surface area contributed by atoms with Gasteiger partial charge in [0.25, 0.3) is 5.91 Å². The summed E-state index contributed by atoms with van der Waals surface area (Å²) in [5, 5.41) is 10.8. The molecule has 1 atom stereocenters. The Kier molecular flexibility index (Phi) is 4.68. The van der Waals surface area contributed by atoms with E-state index in [0.29, 0.717) is 24.7 Å². The summed E-state index contributed by atoms with van der Waals surface area (Å²) in [5.74, 6) is 1.17. The van der Waals surface area contributed by atoms with Gasteiger partial charge in [0, 0.05) is 19.6 Å². The Morgan fingerprint density at radius 2 is 2.37 bits per heavy atom. The third kappa shape index (κ3) is 3.41. The van der Waals surface area contributed by atoms with E-state index in [1.54, 1.807) is 6.07 Å². The second-order valence-corrected chi connectivity index (χ2v) is 4.83. The lowest BCUT2D eigenvalue weighted by atomic mass is 9.98. The van der Waals surface area contributed by atoms with Crippen molar-refractivity contribution in [1.82, 2.24) is 15.5 Å². The number of amides is 1. The van der Waals surface area contributed by atoms with Crippen LogP contribution in [-0.4, -0.2) is 42.3 Å². The maximum Gasteiger partial charge on any atom is 0.271 e. The number of nitrogens with two attached hydrogens (primary N) is 1. The van der Waals surface area contributed by atoms with Crippen molar-refractivity contribution >= 4 is 11.7 Å². The molecule has 3 N–H and O–H groups in total. The largest absolute Gasteiger partial charge is 0.355 e. The van der Waals surface area contributed by atoms with Crippen LogP contribution in [0.15, 0.2) is 12.1 Å². The fourth-order valence-corrected chi connectivity index (χ4v) is 2.33. The molecule has 6 heteroatoms. The molecule has 1 aliphatic heterocycles. The monoisotopic (exact) mass is 263 g/mol. The lowest BCUT2D eigenvalue weighted by Crippen LogP contribution is -2.39. The Morgan fingerprint density at radius 3 is 3.00 bits per heavy atom. The number of hydrogen-bond acceptors (Lipinski definition) is 5. The van der Waals surface area contributed by atoms with Crippen LogP contribution in [0, 0.1) is 5.92 Å². The number of hydrogen-bond donors (Lipinski definition) is 2. The van der Waals surface area contributed by atoms with E-state index >= 15 is 0 Å². The van der Waals surface area contributed by atoms with Crippen molar-refractivity contribution in [2.75, 3.05) is 31.1 Å². The molecule has 0 radical (unpaired) electrons. The molecule has 2 rings (SSSR count). The van der Waals surface area contributed by atoms with Crippen LogP contribution >= 0.6 is 0 Å². The molecule has 0 spiro atoms. The molecule has 19 heavy (non-hydrogen) atoms. The van der Waals surface area contributed by atoms with Gasteiger partial charge in [-0.15, -0.1) is 10.2 Å². The van der Waals surface area contributed by atoms with E-state index in [4.69, 9.17) is 5.73 Å². The average molecular weight is 263 g/mol. The third-order valence-electron chi connectivity index (χ3n) is 3.40. The predicted molar refractivity (Wildman–Crippen MR) is 74.0 cm³/mol. The van der Waals surface area contributed by atoms with E-state index in [1.165, 1.54) is 6.42 Å². The SMILES string of the molecule is CCNC(=O)c1ccc(N2CCCC(CN)C2)nn1. The first-order valence-corrected chi connectivity index (χ1v) is 6.81. The van der Waals surface area contributed by atoms with Crippen LogP contribution < -0.4 is 16.0 Å². The summed E-state index contributed by atoms with van der Waals surface area (Å²) in [5.41, 5.74) is 6.08. The van der Waals surface area contributed by atoms with Crippen molar-refractivity contribution in [3.63, 3.8) is 0 Å². The number of anilines is 1. The van der Waals surface area contributed by atoms with Crippen molar-refractivity contribution in [1.29, 1.82) is 0 Å². The molecule has 0 aliphatic carbocycles. The van der Waals surface area contributed by atoms with Gasteiger partial charge in [-0.25, -0.2) is 0 Å². The zero-order valence-corrected chi connectivity index (χ0v) is 11.3. The van der Waals surface area contributed by atoms with Crippen LogP contribution in [0.5, 0.6) is 0 Å². The van der Waals surface area contributed by atoms with Gasteiger partial charge in [0.1, 0.15) is 0 Å². The number of carbonyl (C=O) groups excluding carboxylic acids is 1. The molecule has 1 aromatic heterocycles. The van der Waals surface area contributed by atoms with Crippen LogP contribution in [0.2, 0.25) is 0 Å². The van der Waals surface area contributed by atoms with Crippen molar-refractivity contribution in [2.24, 2.45) is 11.7 Å². The third-order valence-corrected chi connectivity index (χ3v) is 3.40. The molecule has 1 fully saturated rings. The fourth-order valence-electron chi connectivity index (χ4n) is 2.33. The Balaban J connectivity index is 2.03. The number of piperidine rings is 1. The molecular weight excluding hydrogens is 242 g/mol. The van der Waals surface area contributed by atoms with Gasteiger partial charge in [0.15, 0.2) is 11.5 Å². The first-order chi connectivity index (χ1) is 9.24. The minimum atomic E-state index is -0.181. The summed E-state index contributed by atoms with van der Waals surface area (Å²) in [6.07, 6.45) is 2.30. The molecule has 1 aliphatic rings. The number of nitrogens with one attached hydrogen (secondary N) is 1. The highest BCUT2D eigenvalue weighted by molar-refractivity contribution is 5.92. The van der Waals surface area contributed by atoms with Crippen LogP contribution in [0.3, 0.4) is 0 Å². The quantitative estimate of drug-likeness (QED) is 0.821. The Bertz CT molecular complexity index is 420. The smallest absolute Gasteiger partial charge is 0.271 e. The number of nitrogens with zero attached hydrogens (tertiary/aromatic N) is 3. The second-order valence-electron chi connectivity index (χ2n) is 4.83. The van der Waals surface area contributed by atoms with Crippen molar-refractivity contribution in [3.8, 4) is 0 Å².